The molecule has 9 heteroatoms. The quantitative estimate of drug-likeness (QED) is 0.331. The zero-order valence-electron chi connectivity index (χ0n) is 12.8. The van der Waals surface area contributed by atoms with Gasteiger partial charge >= 0.3 is 6.18 Å². The van der Waals surface area contributed by atoms with Gasteiger partial charge in [-0.2, -0.15) is 13.2 Å². The summed E-state index contributed by atoms with van der Waals surface area (Å²) >= 11 is 0. The van der Waals surface area contributed by atoms with Gasteiger partial charge in [-0.05, 0) is 28.6 Å². The van der Waals surface area contributed by atoms with Crippen LogP contribution in [0.15, 0.2) is 48.5 Å². The highest BCUT2D eigenvalue weighted by atomic mass is 19.4. The van der Waals surface area contributed by atoms with E-state index in [1.165, 1.54) is 12.1 Å². The van der Waals surface area contributed by atoms with E-state index in [4.69, 9.17) is 4.74 Å². The third-order valence-electron chi connectivity index (χ3n) is 3.38. The number of alkyl halides is 3. The van der Waals surface area contributed by atoms with Gasteiger partial charge in [0.1, 0.15) is 12.2 Å². The number of anilines is 1. The predicted molar refractivity (Wildman–Crippen MR) is 83.2 cm³/mol. The zero-order valence-corrected chi connectivity index (χ0v) is 12.8. The number of aromatic nitrogens is 3. The second-order valence-electron chi connectivity index (χ2n) is 5.16. The lowest BCUT2D eigenvalue weighted by atomic mass is 10.1. The van der Waals surface area contributed by atoms with Crippen LogP contribution in [0.1, 0.15) is 11.1 Å². The normalized spacial score (nSPS) is 11.6. The summed E-state index contributed by atoms with van der Waals surface area (Å²) < 4.78 is 42.7. The fraction of sp³-hybridized carbons (Fsp3) is 0.188. The van der Waals surface area contributed by atoms with Gasteiger partial charge in [0.2, 0.25) is 0 Å². The van der Waals surface area contributed by atoms with Gasteiger partial charge in [-0.25, -0.2) is 4.98 Å². The van der Waals surface area contributed by atoms with Crippen molar-refractivity contribution in [3.8, 4) is 0 Å². The van der Waals surface area contributed by atoms with Crippen molar-refractivity contribution >= 4 is 17.0 Å². The number of para-hydroxylation sites is 2. The topological polar surface area (TPSA) is 74.0 Å². The molecule has 0 aliphatic carbocycles. The molecule has 0 aliphatic heterocycles. The average Bonchev–Trinajstić information content (AvgIpc) is 2.58. The number of rotatable bonds is 5. The van der Waals surface area contributed by atoms with Gasteiger partial charge in [-0.15, -0.1) is 0 Å². The molecule has 0 radical (unpaired) electrons. The standard InChI is InChI=1S/C16H13F3N4O2/c17-16(18,19)12-7-5-11(6-8-12)9-25-10-20-15-21-13-3-1-2-4-14(13)23(24)22-15/h1-8H,9-10H2,(H,20,21,22). The Bertz CT molecular complexity index is 869. The maximum absolute atomic E-state index is 12.5. The molecule has 0 aliphatic rings. The second kappa shape index (κ2) is 6.89. The fourth-order valence-corrected chi connectivity index (χ4v) is 2.15. The number of benzene rings is 2. The minimum absolute atomic E-state index is 0.000632. The monoisotopic (exact) mass is 350 g/mol. The molecule has 0 saturated carbocycles. The summed E-state index contributed by atoms with van der Waals surface area (Å²) in [4.78, 5) is 4.63. The maximum atomic E-state index is 12.5. The van der Waals surface area contributed by atoms with Crippen LogP contribution in [-0.2, 0) is 17.5 Å². The number of nitrogens with one attached hydrogen (secondary N) is 1. The third kappa shape index (κ3) is 4.13. The van der Waals surface area contributed by atoms with Gasteiger partial charge in [0.15, 0.2) is 0 Å². The smallest absolute Gasteiger partial charge is 0.416 e. The summed E-state index contributed by atoms with van der Waals surface area (Å²) in [6.45, 7) is 0.107. The summed E-state index contributed by atoms with van der Waals surface area (Å²) in [7, 11) is 0. The first-order valence-electron chi connectivity index (χ1n) is 7.28. The molecule has 1 heterocycles. The van der Waals surface area contributed by atoms with E-state index in [-0.39, 0.29) is 19.3 Å². The second-order valence-corrected chi connectivity index (χ2v) is 5.16. The molecular weight excluding hydrogens is 337 g/mol. The molecular formula is C16H13F3N4O2. The molecule has 6 nitrogen and oxygen atoms in total. The molecule has 0 bridgehead atoms. The van der Waals surface area contributed by atoms with Gasteiger partial charge in [0.25, 0.3) is 11.5 Å². The molecule has 0 fully saturated rings. The lowest BCUT2D eigenvalue weighted by Crippen LogP contribution is -2.33. The van der Waals surface area contributed by atoms with Gasteiger partial charge in [-0.3, -0.25) is 0 Å². The molecule has 3 rings (SSSR count). The van der Waals surface area contributed by atoms with Crippen molar-refractivity contribution in [1.29, 1.82) is 0 Å². The first-order valence-corrected chi connectivity index (χ1v) is 7.28. The Balaban J connectivity index is 1.55. The van der Waals surface area contributed by atoms with Crippen molar-refractivity contribution in [2.24, 2.45) is 0 Å². The minimum atomic E-state index is -4.36. The summed E-state index contributed by atoms with van der Waals surface area (Å²) in [5.74, 6) is 0.0983. The number of ether oxygens (including phenoxy) is 1. The fourth-order valence-electron chi connectivity index (χ4n) is 2.15. The molecule has 1 N–H and O–H groups in total. The van der Waals surface area contributed by atoms with Crippen LogP contribution in [0.4, 0.5) is 19.1 Å². The highest BCUT2D eigenvalue weighted by Gasteiger charge is 2.29. The number of hydrogen-bond donors (Lipinski definition) is 1. The van der Waals surface area contributed by atoms with Crippen LogP contribution >= 0.6 is 0 Å². The molecule has 2 aromatic carbocycles. The first kappa shape index (κ1) is 16.9. The van der Waals surface area contributed by atoms with Gasteiger partial charge in [-0.1, -0.05) is 24.3 Å². The molecule has 0 amide bonds. The molecule has 25 heavy (non-hydrogen) atoms. The number of fused-ring (bicyclic) bond motifs is 1. The van der Waals surface area contributed by atoms with Crippen LogP contribution in [0.25, 0.3) is 11.0 Å². The Morgan fingerprint density at radius 1 is 1.08 bits per heavy atom. The number of halogens is 3. The van der Waals surface area contributed by atoms with Crippen LogP contribution in [0.2, 0.25) is 0 Å². The summed E-state index contributed by atoms with van der Waals surface area (Å²) in [5.41, 5.74) is 0.712. The Morgan fingerprint density at radius 2 is 1.80 bits per heavy atom. The highest BCUT2D eigenvalue weighted by Crippen LogP contribution is 2.29. The molecule has 1 aromatic heterocycles. The Morgan fingerprint density at radius 3 is 2.52 bits per heavy atom. The lowest BCUT2D eigenvalue weighted by molar-refractivity contribution is -0.641. The van der Waals surface area contributed by atoms with Crippen molar-refractivity contribution in [3.63, 3.8) is 0 Å². The Hall–Kier alpha value is -2.94. The van der Waals surface area contributed by atoms with Gasteiger partial charge in [0.05, 0.1) is 17.3 Å². The van der Waals surface area contributed by atoms with Crippen molar-refractivity contribution in [2.45, 2.75) is 12.8 Å². The van der Waals surface area contributed by atoms with E-state index in [0.717, 1.165) is 12.1 Å². The van der Waals surface area contributed by atoms with Crippen molar-refractivity contribution < 1.29 is 22.8 Å². The van der Waals surface area contributed by atoms with Gasteiger partial charge < -0.3 is 15.3 Å². The van der Waals surface area contributed by atoms with Crippen molar-refractivity contribution in [2.75, 3.05) is 12.0 Å². The Kier molecular flexibility index (Phi) is 4.66. The van der Waals surface area contributed by atoms with E-state index in [1.807, 2.05) is 0 Å². The third-order valence-corrected chi connectivity index (χ3v) is 3.38. The summed E-state index contributed by atoms with van der Waals surface area (Å²) in [5, 5.41) is 18.2. The van der Waals surface area contributed by atoms with E-state index < -0.39 is 11.7 Å². The molecule has 3 aromatic rings. The maximum Gasteiger partial charge on any atom is 0.416 e. The zero-order chi connectivity index (χ0) is 17.9. The predicted octanol–water partition coefficient (Wildman–Crippen LogP) is 2.87. The molecule has 130 valence electrons. The summed E-state index contributed by atoms with van der Waals surface area (Å²) in [6, 6.07) is 11.4. The van der Waals surface area contributed by atoms with Crippen LogP contribution < -0.4 is 10.2 Å². The van der Waals surface area contributed by atoms with Gasteiger partial charge in [0, 0.05) is 6.07 Å². The highest BCUT2D eigenvalue weighted by molar-refractivity contribution is 5.71. The van der Waals surface area contributed by atoms with Crippen LogP contribution in [0, 0.1) is 5.21 Å². The first-order chi connectivity index (χ1) is 11.9. The van der Waals surface area contributed by atoms with Crippen LogP contribution in [0.5, 0.6) is 0 Å². The Labute approximate surface area is 140 Å². The number of nitrogens with zero attached hydrogens (tertiary/aromatic N) is 3. The van der Waals surface area contributed by atoms with Crippen molar-refractivity contribution in [1.82, 2.24) is 10.1 Å². The molecule has 0 unspecified atom stereocenters. The van der Waals surface area contributed by atoms with Crippen molar-refractivity contribution in [3.05, 3.63) is 64.9 Å². The minimum Gasteiger partial charge on any atom is -0.594 e. The van der Waals surface area contributed by atoms with E-state index in [9.17, 15) is 18.4 Å². The molecule has 0 atom stereocenters. The number of hydrogen-bond acceptors (Lipinski definition) is 5. The van der Waals surface area contributed by atoms with E-state index in [0.29, 0.717) is 21.4 Å². The SMILES string of the molecule is [O-][n+]1nc(NCOCc2ccc(C(F)(F)F)cc2)nc2ccccc21. The summed E-state index contributed by atoms with van der Waals surface area (Å²) in [6.07, 6.45) is -4.36. The molecule has 0 spiro atoms. The largest absolute Gasteiger partial charge is 0.594 e. The van der Waals surface area contributed by atoms with E-state index >= 15 is 0 Å². The van der Waals surface area contributed by atoms with Crippen LogP contribution in [0.3, 0.4) is 0 Å². The van der Waals surface area contributed by atoms with Crippen LogP contribution in [-0.4, -0.2) is 16.8 Å². The lowest BCUT2D eigenvalue weighted by Gasteiger charge is -2.09. The van der Waals surface area contributed by atoms with E-state index in [2.05, 4.69) is 15.4 Å². The average molecular weight is 350 g/mol. The molecule has 0 saturated heterocycles. The van der Waals surface area contributed by atoms with E-state index in [1.54, 1.807) is 24.3 Å².